The Kier molecular flexibility index (Phi) is 2.97. The van der Waals surface area contributed by atoms with E-state index < -0.39 is 0 Å². The first-order chi connectivity index (χ1) is 7.46. The van der Waals surface area contributed by atoms with Gasteiger partial charge in [0.15, 0.2) is 0 Å². The SMILES string of the molecule is Cc1cc(C2(N)CCCC2)c(C)c(F)c1Cl. The van der Waals surface area contributed by atoms with Gasteiger partial charge >= 0.3 is 0 Å². The summed E-state index contributed by atoms with van der Waals surface area (Å²) >= 11 is 5.89. The zero-order chi connectivity index (χ0) is 11.9. The van der Waals surface area contributed by atoms with Crippen LogP contribution in [0.3, 0.4) is 0 Å². The molecule has 1 aliphatic carbocycles. The molecule has 88 valence electrons. The van der Waals surface area contributed by atoms with Gasteiger partial charge in [0.05, 0.1) is 5.02 Å². The highest BCUT2D eigenvalue weighted by Crippen LogP contribution is 2.40. The summed E-state index contributed by atoms with van der Waals surface area (Å²) in [5.74, 6) is -0.312. The molecule has 1 aliphatic rings. The van der Waals surface area contributed by atoms with E-state index in [2.05, 4.69) is 0 Å². The number of halogens is 2. The normalized spacial score (nSPS) is 19.1. The summed E-state index contributed by atoms with van der Waals surface area (Å²) in [6.45, 7) is 3.59. The molecule has 0 saturated heterocycles. The lowest BCUT2D eigenvalue weighted by Gasteiger charge is -2.27. The zero-order valence-corrected chi connectivity index (χ0v) is 10.5. The van der Waals surface area contributed by atoms with Crippen LogP contribution < -0.4 is 5.73 Å². The predicted molar refractivity (Wildman–Crippen MR) is 65.2 cm³/mol. The van der Waals surface area contributed by atoms with Crippen molar-refractivity contribution in [3.63, 3.8) is 0 Å². The monoisotopic (exact) mass is 241 g/mol. The molecule has 1 aromatic rings. The molecule has 1 aromatic carbocycles. The number of hydrogen-bond acceptors (Lipinski definition) is 1. The molecule has 1 nitrogen and oxygen atoms in total. The molecule has 0 atom stereocenters. The highest BCUT2D eigenvalue weighted by molar-refractivity contribution is 6.31. The molecule has 0 bridgehead atoms. The van der Waals surface area contributed by atoms with E-state index in [1.54, 1.807) is 6.92 Å². The summed E-state index contributed by atoms with van der Waals surface area (Å²) in [5, 5.41) is 0.225. The maximum atomic E-state index is 13.9. The van der Waals surface area contributed by atoms with Crippen molar-refractivity contribution in [2.75, 3.05) is 0 Å². The fraction of sp³-hybridized carbons (Fsp3) is 0.538. The third kappa shape index (κ3) is 1.74. The summed E-state index contributed by atoms with van der Waals surface area (Å²) in [7, 11) is 0. The van der Waals surface area contributed by atoms with Crippen LogP contribution in [-0.4, -0.2) is 0 Å². The van der Waals surface area contributed by atoms with Gasteiger partial charge in [-0.3, -0.25) is 0 Å². The Labute approximate surface area is 101 Å². The zero-order valence-electron chi connectivity index (χ0n) is 9.74. The van der Waals surface area contributed by atoms with Gasteiger partial charge in [0.1, 0.15) is 5.82 Å². The Balaban J connectivity index is 2.57. The van der Waals surface area contributed by atoms with Gasteiger partial charge < -0.3 is 5.73 Å². The van der Waals surface area contributed by atoms with Crippen molar-refractivity contribution in [1.29, 1.82) is 0 Å². The Morgan fingerprint density at radius 2 is 1.88 bits per heavy atom. The van der Waals surface area contributed by atoms with E-state index in [1.165, 1.54) is 0 Å². The Hall–Kier alpha value is -0.600. The van der Waals surface area contributed by atoms with Gasteiger partial charge in [-0.1, -0.05) is 30.5 Å². The number of aryl methyl sites for hydroxylation is 1. The first-order valence-electron chi connectivity index (χ1n) is 5.70. The molecule has 0 amide bonds. The summed E-state index contributed by atoms with van der Waals surface area (Å²) in [6, 6.07) is 1.95. The number of benzene rings is 1. The lowest BCUT2D eigenvalue weighted by molar-refractivity contribution is 0.453. The van der Waals surface area contributed by atoms with Crippen molar-refractivity contribution < 1.29 is 4.39 Å². The third-order valence-corrected chi connectivity index (χ3v) is 4.13. The molecule has 0 aromatic heterocycles. The number of hydrogen-bond donors (Lipinski definition) is 1. The van der Waals surface area contributed by atoms with E-state index >= 15 is 0 Å². The molecule has 3 heteroatoms. The largest absolute Gasteiger partial charge is 0.321 e. The van der Waals surface area contributed by atoms with E-state index in [1.807, 2.05) is 13.0 Å². The molecular weight excluding hydrogens is 225 g/mol. The standard InChI is InChI=1S/C13H17ClFN/c1-8-7-10(9(2)12(15)11(8)14)13(16)5-3-4-6-13/h7H,3-6,16H2,1-2H3. The van der Waals surface area contributed by atoms with E-state index in [-0.39, 0.29) is 16.4 Å². The smallest absolute Gasteiger partial charge is 0.145 e. The molecule has 16 heavy (non-hydrogen) atoms. The Bertz CT molecular complexity index is 422. The van der Waals surface area contributed by atoms with E-state index in [9.17, 15) is 4.39 Å². The Morgan fingerprint density at radius 3 is 2.44 bits per heavy atom. The Morgan fingerprint density at radius 1 is 1.31 bits per heavy atom. The van der Waals surface area contributed by atoms with Gasteiger partial charge in [-0.25, -0.2) is 4.39 Å². The van der Waals surface area contributed by atoms with E-state index in [4.69, 9.17) is 17.3 Å². The molecule has 1 saturated carbocycles. The fourth-order valence-electron chi connectivity index (χ4n) is 2.64. The molecule has 0 aliphatic heterocycles. The van der Waals surface area contributed by atoms with Crippen LogP contribution in [0.25, 0.3) is 0 Å². The number of rotatable bonds is 1. The minimum absolute atomic E-state index is 0.225. The molecule has 0 unspecified atom stereocenters. The second-order valence-corrected chi connectivity index (χ2v) is 5.24. The molecule has 0 heterocycles. The first kappa shape index (κ1) is 11.9. The van der Waals surface area contributed by atoms with Gasteiger partial charge in [-0.2, -0.15) is 0 Å². The van der Waals surface area contributed by atoms with Gasteiger partial charge in [-0.05, 0) is 43.4 Å². The molecule has 2 N–H and O–H groups in total. The average Bonchev–Trinajstić information content (AvgIpc) is 2.68. The molecule has 1 fully saturated rings. The van der Waals surface area contributed by atoms with Crippen molar-refractivity contribution in [3.05, 3.63) is 33.6 Å². The van der Waals surface area contributed by atoms with Crippen LogP contribution in [-0.2, 0) is 5.54 Å². The van der Waals surface area contributed by atoms with Crippen molar-refractivity contribution in [2.24, 2.45) is 5.73 Å². The van der Waals surface area contributed by atoms with Crippen LogP contribution in [0.1, 0.15) is 42.4 Å². The minimum atomic E-state index is -0.347. The molecule has 0 spiro atoms. The first-order valence-corrected chi connectivity index (χ1v) is 6.08. The van der Waals surface area contributed by atoms with Crippen LogP contribution in [0.15, 0.2) is 6.07 Å². The second-order valence-electron chi connectivity index (χ2n) is 4.86. The van der Waals surface area contributed by atoms with Crippen LogP contribution >= 0.6 is 11.6 Å². The summed E-state index contributed by atoms with van der Waals surface area (Å²) in [5.41, 5.74) is 8.33. The summed E-state index contributed by atoms with van der Waals surface area (Å²) < 4.78 is 13.9. The van der Waals surface area contributed by atoms with Gasteiger partial charge in [0, 0.05) is 5.54 Å². The van der Waals surface area contributed by atoms with Crippen molar-refractivity contribution >= 4 is 11.6 Å². The lowest BCUT2D eigenvalue weighted by atomic mass is 9.85. The molecule has 0 radical (unpaired) electrons. The summed E-state index contributed by atoms with van der Waals surface area (Å²) in [4.78, 5) is 0. The van der Waals surface area contributed by atoms with Crippen LogP contribution in [0.2, 0.25) is 5.02 Å². The molecular formula is C13H17ClFN. The topological polar surface area (TPSA) is 26.0 Å². The van der Waals surface area contributed by atoms with Crippen LogP contribution in [0.4, 0.5) is 4.39 Å². The van der Waals surface area contributed by atoms with E-state index in [0.717, 1.165) is 36.8 Å². The van der Waals surface area contributed by atoms with Crippen molar-refractivity contribution in [2.45, 2.75) is 45.1 Å². The highest BCUT2D eigenvalue weighted by Gasteiger charge is 2.33. The second kappa shape index (κ2) is 4.01. The number of nitrogens with two attached hydrogens (primary N) is 1. The summed E-state index contributed by atoms with van der Waals surface area (Å²) in [6.07, 6.45) is 4.13. The highest BCUT2D eigenvalue weighted by atomic mass is 35.5. The molecule has 2 rings (SSSR count). The predicted octanol–water partition coefficient (Wildman–Crippen LogP) is 3.82. The van der Waals surface area contributed by atoms with E-state index in [0.29, 0.717) is 5.56 Å². The quantitative estimate of drug-likeness (QED) is 0.795. The average molecular weight is 242 g/mol. The van der Waals surface area contributed by atoms with Crippen molar-refractivity contribution in [3.8, 4) is 0 Å². The van der Waals surface area contributed by atoms with Crippen molar-refractivity contribution in [1.82, 2.24) is 0 Å². The third-order valence-electron chi connectivity index (χ3n) is 3.67. The van der Waals surface area contributed by atoms with Gasteiger partial charge in [-0.15, -0.1) is 0 Å². The maximum absolute atomic E-state index is 13.9. The maximum Gasteiger partial charge on any atom is 0.145 e. The van der Waals surface area contributed by atoms with Gasteiger partial charge in [0.25, 0.3) is 0 Å². The minimum Gasteiger partial charge on any atom is -0.321 e. The fourth-order valence-corrected chi connectivity index (χ4v) is 2.83. The van der Waals surface area contributed by atoms with Crippen LogP contribution in [0, 0.1) is 19.7 Å². The van der Waals surface area contributed by atoms with Gasteiger partial charge in [0.2, 0.25) is 0 Å². The lowest BCUT2D eigenvalue weighted by Crippen LogP contribution is -2.34. The van der Waals surface area contributed by atoms with Crippen LogP contribution in [0.5, 0.6) is 0 Å².